The minimum atomic E-state index is 0.936. The summed E-state index contributed by atoms with van der Waals surface area (Å²) in [5, 5.41) is 0. The summed E-state index contributed by atoms with van der Waals surface area (Å²) < 4.78 is 0. The summed E-state index contributed by atoms with van der Waals surface area (Å²) in [4.78, 5) is 0. The first-order chi connectivity index (χ1) is 8.71. The predicted molar refractivity (Wildman–Crippen MR) is 88.1 cm³/mol. The van der Waals surface area contributed by atoms with E-state index in [0.717, 1.165) is 17.7 Å². The van der Waals surface area contributed by atoms with Crippen LogP contribution in [0.2, 0.25) is 5.82 Å². The molecule has 0 aliphatic heterocycles. The lowest BCUT2D eigenvalue weighted by atomic mass is 9.66. The third kappa shape index (κ3) is 7.49. The van der Waals surface area contributed by atoms with Crippen molar-refractivity contribution < 1.29 is 0 Å². The SMILES string of the molecule is BC(CCCCCCCC)C(CC)C(CC)CC. The van der Waals surface area contributed by atoms with E-state index in [4.69, 9.17) is 0 Å². The van der Waals surface area contributed by atoms with Gasteiger partial charge in [-0.3, -0.25) is 0 Å². The molecular weight excluding hydrogens is 215 g/mol. The first-order valence-corrected chi connectivity index (χ1v) is 8.71. The molecule has 0 bridgehead atoms. The monoisotopic (exact) mass is 252 g/mol. The van der Waals surface area contributed by atoms with E-state index < -0.39 is 0 Å². The van der Waals surface area contributed by atoms with Crippen molar-refractivity contribution in [2.45, 2.75) is 97.7 Å². The highest BCUT2D eigenvalue weighted by Gasteiger charge is 2.22. The van der Waals surface area contributed by atoms with Crippen molar-refractivity contribution in [3.05, 3.63) is 0 Å². The van der Waals surface area contributed by atoms with Crippen molar-refractivity contribution in [3.63, 3.8) is 0 Å². The Kier molecular flexibility index (Phi) is 12.2. The minimum absolute atomic E-state index is 0.936. The number of hydrogen-bond acceptors (Lipinski definition) is 0. The lowest BCUT2D eigenvalue weighted by molar-refractivity contribution is 0.279. The zero-order valence-electron chi connectivity index (χ0n) is 13.8. The Labute approximate surface area is 118 Å². The normalized spacial score (nSPS) is 14.9. The summed E-state index contributed by atoms with van der Waals surface area (Å²) in [6.45, 7) is 9.42. The Balaban J connectivity index is 3.79. The molecule has 0 aliphatic rings. The topological polar surface area (TPSA) is 0 Å². The molecule has 0 nitrogen and oxygen atoms in total. The maximum Gasteiger partial charge on any atom is 0.105 e. The van der Waals surface area contributed by atoms with Crippen molar-refractivity contribution in [3.8, 4) is 0 Å². The molecule has 108 valence electrons. The highest BCUT2D eigenvalue weighted by molar-refractivity contribution is 6.11. The lowest BCUT2D eigenvalue weighted by Gasteiger charge is -2.30. The maximum absolute atomic E-state index is 2.50. The molecule has 0 rings (SSSR count). The molecule has 0 spiro atoms. The van der Waals surface area contributed by atoms with Gasteiger partial charge >= 0.3 is 0 Å². The van der Waals surface area contributed by atoms with E-state index in [0.29, 0.717) is 0 Å². The van der Waals surface area contributed by atoms with Crippen LogP contribution in [-0.2, 0) is 0 Å². The zero-order valence-corrected chi connectivity index (χ0v) is 13.8. The number of hydrogen-bond donors (Lipinski definition) is 0. The van der Waals surface area contributed by atoms with Crippen LogP contribution in [0.3, 0.4) is 0 Å². The van der Waals surface area contributed by atoms with Crippen LogP contribution >= 0.6 is 0 Å². The molecule has 2 atom stereocenters. The van der Waals surface area contributed by atoms with Crippen LogP contribution in [0, 0.1) is 11.8 Å². The van der Waals surface area contributed by atoms with Crippen LogP contribution in [0.1, 0.15) is 91.9 Å². The highest BCUT2D eigenvalue weighted by Crippen LogP contribution is 2.34. The fourth-order valence-electron chi connectivity index (χ4n) is 3.56. The molecule has 0 aliphatic carbocycles. The van der Waals surface area contributed by atoms with Crippen LogP contribution < -0.4 is 0 Å². The maximum atomic E-state index is 2.50. The van der Waals surface area contributed by atoms with Crippen molar-refractivity contribution in [1.82, 2.24) is 0 Å². The van der Waals surface area contributed by atoms with Gasteiger partial charge in [-0.15, -0.1) is 0 Å². The van der Waals surface area contributed by atoms with Gasteiger partial charge in [0.1, 0.15) is 7.85 Å². The van der Waals surface area contributed by atoms with Gasteiger partial charge in [-0.1, -0.05) is 97.7 Å². The van der Waals surface area contributed by atoms with E-state index in [1.54, 1.807) is 0 Å². The molecule has 0 saturated carbocycles. The van der Waals surface area contributed by atoms with Gasteiger partial charge in [0.2, 0.25) is 0 Å². The summed E-state index contributed by atoms with van der Waals surface area (Å²) in [6, 6.07) is 0. The van der Waals surface area contributed by atoms with Crippen molar-refractivity contribution in [2.24, 2.45) is 11.8 Å². The summed E-state index contributed by atoms with van der Waals surface area (Å²) in [5.74, 6) is 2.87. The molecule has 0 amide bonds. The molecule has 0 N–H and O–H groups in total. The van der Waals surface area contributed by atoms with Gasteiger partial charge in [-0.25, -0.2) is 0 Å². The van der Waals surface area contributed by atoms with E-state index in [1.807, 2.05) is 0 Å². The van der Waals surface area contributed by atoms with Crippen LogP contribution in [-0.4, -0.2) is 7.85 Å². The fourth-order valence-corrected chi connectivity index (χ4v) is 3.56. The lowest BCUT2D eigenvalue weighted by Crippen LogP contribution is -2.19. The van der Waals surface area contributed by atoms with Gasteiger partial charge in [-0.2, -0.15) is 0 Å². The Morgan fingerprint density at radius 1 is 0.722 bits per heavy atom. The van der Waals surface area contributed by atoms with E-state index in [9.17, 15) is 0 Å². The van der Waals surface area contributed by atoms with Crippen molar-refractivity contribution in [2.75, 3.05) is 0 Å². The first-order valence-electron chi connectivity index (χ1n) is 8.71. The van der Waals surface area contributed by atoms with Gasteiger partial charge in [0.25, 0.3) is 0 Å². The van der Waals surface area contributed by atoms with E-state index in [2.05, 4.69) is 35.5 Å². The molecule has 0 aromatic rings. The molecule has 0 fully saturated rings. The number of unbranched alkanes of at least 4 members (excludes halogenated alkanes) is 5. The van der Waals surface area contributed by atoms with Crippen LogP contribution in [0.5, 0.6) is 0 Å². The Morgan fingerprint density at radius 3 is 1.78 bits per heavy atom. The van der Waals surface area contributed by atoms with Crippen LogP contribution in [0.25, 0.3) is 0 Å². The molecule has 0 aromatic carbocycles. The molecule has 0 radical (unpaired) electrons. The summed E-state index contributed by atoms with van der Waals surface area (Å²) >= 11 is 0. The second kappa shape index (κ2) is 12.1. The standard InChI is InChI=1S/C17H37B/c1-5-9-10-11-12-13-14-17(18)16(8-4)15(6-2)7-3/h15-17H,5-14,18H2,1-4H3. The average molecular weight is 252 g/mol. The van der Waals surface area contributed by atoms with E-state index in [1.165, 1.54) is 64.2 Å². The number of rotatable bonds is 12. The van der Waals surface area contributed by atoms with E-state index in [-0.39, 0.29) is 0 Å². The van der Waals surface area contributed by atoms with Crippen LogP contribution in [0.15, 0.2) is 0 Å². The molecule has 18 heavy (non-hydrogen) atoms. The molecule has 1 heteroatoms. The summed E-state index contributed by atoms with van der Waals surface area (Å²) in [6.07, 6.45) is 14.2. The highest BCUT2D eigenvalue weighted by atomic mass is 14.2. The first kappa shape index (κ1) is 18.1. The van der Waals surface area contributed by atoms with Gasteiger partial charge in [0.05, 0.1) is 0 Å². The molecule has 0 saturated heterocycles. The quantitative estimate of drug-likeness (QED) is 0.312. The Hall–Kier alpha value is 0.0649. The van der Waals surface area contributed by atoms with Gasteiger partial charge < -0.3 is 0 Å². The van der Waals surface area contributed by atoms with Crippen molar-refractivity contribution in [1.29, 1.82) is 0 Å². The second-order valence-electron chi connectivity index (χ2n) is 6.18. The molecular formula is C17H37B. The average Bonchev–Trinajstić information content (AvgIpc) is 2.39. The molecule has 0 aromatic heterocycles. The fraction of sp³-hybridized carbons (Fsp3) is 1.00. The van der Waals surface area contributed by atoms with Gasteiger partial charge in [-0.05, 0) is 11.8 Å². The second-order valence-corrected chi connectivity index (χ2v) is 6.18. The predicted octanol–water partition coefficient (Wildman–Crippen LogP) is 5.62. The Bertz CT molecular complexity index is 163. The van der Waals surface area contributed by atoms with Crippen LogP contribution in [0.4, 0.5) is 0 Å². The smallest absolute Gasteiger partial charge is 0.0667 e. The van der Waals surface area contributed by atoms with E-state index >= 15 is 0 Å². The van der Waals surface area contributed by atoms with Crippen molar-refractivity contribution >= 4 is 7.85 Å². The Morgan fingerprint density at radius 2 is 1.28 bits per heavy atom. The molecule has 2 unspecified atom stereocenters. The largest absolute Gasteiger partial charge is 0.105 e. The third-order valence-electron chi connectivity index (χ3n) is 4.87. The zero-order chi connectivity index (χ0) is 13.8. The summed E-state index contributed by atoms with van der Waals surface area (Å²) in [7, 11) is 2.50. The molecule has 0 heterocycles. The summed E-state index contributed by atoms with van der Waals surface area (Å²) in [5.41, 5.74) is 0. The van der Waals surface area contributed by atoms with Gasteiger partial charge in [0.15, 0.2) is 0 Å². The van der Waals surface area contributed by atoms with Gasteiger partial charge in [0, 0.05) is 0 Å². The minimum Gasteiger partial charge on any atom is -0.0667 e. The third-order valence-corrected chi connectivity index (χ3v) is 4.87.